The van der Waals surface area contributed by atoms with Gasteiger partial charge in [-0.2, -0.15) is 0 Å². The molecule has 20 heavy (non-hydrogen) atoms. The summed E-state index contributed by atoms with van der Waals surface area (Å²) in [5.41, 5.74) is -0.217. The predicted octanol–water partition coefficient (Wildman–Crippen LogP) is 3.01. The molecule has 0 bridgehead atoms. The van der Waals surface area contributed by atoms with Crippen LogP contribution in [0.2, 0.25) is 0 Å². The Hall–Kier alpha value is -2.23. The summed E-state index contributed by atoms with van der Waals surface area (Å²) in [4.78, 5) is 28.7. The van der Waals surface area contributed by atoms with Crippen LogP contribution in [0.25, 0.3) is 10.9 Å². The van der Waals surface area contributed by atoms with E-state index in [0.29, 0.717) is 0 Å². The summed E-state index contributed by atoms with van der Waals surface area (Å²) in [6.45, 7) is 5.09. The molecule has 0 saturated heterocycles. The van der Waals surface area contributed by atoms with Gasteiger partial charge in [-0.15, -0.1) is 0 Å². The van der Waals surface area contributed by atoms with E-state index in [9.17, 15) is 9.59 Å². The molecule has 0 aliphatic rings. The second-order valence-corrected chi connectivity index (χ2v) is 5.06. The number of hydrogen-bond acceptors (Lipinski definition) is 4. The Morgan fingerprint density at radius 1 is 1.15 bits per heavy atom. The lowest BCUT2D eigenvalue weighted by molar-refractivity contribution is -0.150. The number of aromatic nitrogens is 1. The molecule has 4 nitrogen and oxygen atoms in total. The Morgan fingerprint density at radius 3 is 2.55 bits per heavy atom. The molecule has 0 radical (unpaired) electrons. The van der Waals surface area contributed by atoms with E-state index in [2.05, 4.69) is 4.98 Å². The van der Waals surface area contributed by atoms with Crippen molar-refractivity contribution >= 4 is 22.7 Å². The fourth-order valence-corrected chi connectivity index (χ4v) is 1.92. The maximum absolute atomic E-state index is 12.5. The van der Waals surface area contributed by atoms with Gasteiger partial charge in [0.15, 0.2) is 5.78 Å². The van der Waals surface area contributed by atoms with E-state index in [1.807, 2.05) is 30.3 Å². The van der Waals surface area contributed by atoms with Crippen LogP contribution in [0.1, 0.15) is 31.3 Å². The third-order valence-electron chi connectivity index (χ3n) is 3.18. The molecule has 1 aromatic carbocycles. The molecule has 2 rings (SSSR count). The smallest absolute Gasteiger partial charge is 0.319 e. The number of ether oxygens (including phenoxy) is 1. The number of fused-ring (bicyclic) bond motifs is 1. The Labute approximate surface area is 117 Å². The van der Waals surface area contributed by atoms with Crippen LogP contribution in [-0.2, 0) is 9.53 Å². The number of ketones is 1. The van der Waals surface area contributed by atoms with Crippen LogP contribution in [-0.4, -0.2) is 23.3 Å². The van der Waals surface area contributed by atoms with Gasteiger partial charge < -0.3 is 4.74 Å². The molecular weight excluding hydrogens is 254 g/mol. The van der Waals surface area contributed by atoms with Gasteiger partial charge in [-0.25, -0.2) is 4.98 Å². The lowest BCUT2D eigenvalue weighted by atomic mass is 9.86. The normalized spacial score (nSPS) is 11.3. The quantitative estimate of drug-likeness (QED) is 0.487. The number of Topliss-reactive ketones (excluding diaryl/α,β-unsaturated/α-hetero) is 1. The summed E-state index contributed by atoms with van der Waals surface area (Å²) in [6, 6.07) is 11.0. The lowest BCUT2D eigenvalue weighted by Crippen LogP contribution is -2.35. The second-order valence-electron chi connectivity index (χ2n) is 5.06. The predicted molar refractivity (Wildman–Crippen MR) is 76.5 cm³/mol. The first-order valence-electron chi connectivity index (χ1n) is 6.54. The van der Waals surface area contributed by atoms with Crippen LogP contribution in [0.3, 0.4) is 0 Å². The van der Waals surface area contributed by atoms with Crippen molar-refractivity contribution in [2.24, 2.45) is 5.41 Å². The fraction of sp³-hybridized carbons (Fsp3) is 0.312. The van der Waals surface area contributed by atoms with Crippen molar-refractivity contribution in [1.82, 2.24) is 4.98 Å². The fourth-order valence-electron chi connectivity index (χ4n) is 1.92. The van der Waals surface area contributed by atoms with E-state index < -0.39 is 11.4 Å². The minimum absolute atomic E-state index is 0.251. The molecule has 2 aromatic rings. The summed E-state index contributed by atoms with van der Waals surface area (Å²) in [6.07, 6.45) is 0. The largest absolute Gasteiger partial charge is 0.465 e. The molecular formula is C16H17NO3. The van der Waals surface area contributed by atoms with Gasteiger partial charge in [-0.3, -0.25) is 9.59 Å². The van der Waals surface area contributed by atoms with E-state index in [0.717, 1.165) is 10.9 Å². The summed E-state index contributed by atoms with van der Waals surface area (Å²) in [5.74, 6) is -0.860. The van der Waals surface area contributed by atoms with Crippen molar-refractivity contribution in [1.29, 1.82) is 0 Å². The van der Waals surface area contributed by atoms with Gasteiger partial charge in [0.25, 0.3) is 0 Å². The highest BCUT2D eigenvalue weighted by Crippen LogP contribution is 2.24. The number of carbonyl (C=O) groups excluding carboxylic acids is 2. The first-order valence-corrected chi connectivity index (χ1v) is 6.54. The number of hydrogen-bond donors (Lipinski definition) is 0. The summed E-state index contributed by atoms with van der Waals surface area (Å²) >= 11 is 0. The molecule has 0 aliphatic heterocycles. The molecule has 0 unspecified atom stereocenters. The van der Waals surface area contributed by atoms with Crippen LogP contribution in [0.5, 0.6) is 0 Å². The molecule has 0 fully saturated rings. The number of nitrogens with zero attached hydrogens (tertiary/aromatic N) is 1. The van der Waals surface area contributed by atoms with Crippen LogP contribution < -0.4 is 0 Å². The van der Waals surface area contributed by atoms with Crippen LogP contribution >= 0.6 is 0 Å². The van der Waals surface area contributed by atoms with Crippen molar-refractivity contribution in [3.05, 3.63) is 42.1 Å². The highest BCUT2D eigenvalue weighted by atomic mass is 16.5. The van der Waals surface area contributed by atoms with E-state index in [-0.39, 0.29) is 18.1 Å². The zero-order valence-corrected chi connectivity index (χ0v) is 11.8. The average molecular weight is 271 g/mol. The zero-order valence-electron chi connectivity index (χ0n) is 11.8. The van der Waals surface area contributed by atoms with Gasteiger partial charge in [0.2, 0.25) is 0 Å². The van der Waals surface area contributed by atoms with E-state index in [4.69, 9.17) is 4.74 Å². The van der Waals surface area contributed by atoms with E-state index in [1.54, 1.807) is 26.8 Å². The molecule has 0 spiro atoms. The molecule has 104 valence electrons. The molecule has 4 heteroatoms. The van der Waals surface area contributed by atoms with Crippen molar-refractivity contribution in [3.8, 4) is 0 Å². The molecule has 0 saturated carbocycles. The topological polar surface area (TPSA) is 56.3 Å². The van der Waals surface area contributed by atoms with Gasteiger partial charge in [0.05, 0.1) is 12.1 Å². The van der Waals surface area contributed by atoms with Crippen LogP contribution in [0, 0.1) is 5.41 Å². The molecule has 0 atom stereocenters. The summed E-state index contributed by atoms with van der Waals surface area (Å²) in [7, 11) is 0. The highest BCUT2D eigenvalue weighted by Gasteiger charge is 2.38. The molecule has 1 aromatic heterocycles. The van der Waals surface area contributed by atoms with Gasteiger partial charge in [0, 0.05) is 5.39 Å². The standard InChI is InChI=1S/C16H17NO3/c1-4-20-15(19)16(2,3)14(18)13-10-9-11-7-5-6-8-12(11)17-13/h5-10H,4H2,1-3H3. The third-order valence-corrected chi connectivity index (χ3v) is 3.18. The number of para-hydroxylation sites is 1. The van der Waals surface area contributed by atoms with Gasteiger partial charge in [0.1, 0.15) is 11.1 Å². The second kappa shape index (κ2) is 5.41. The molecule has 0 amide bonds. The van der Waals surface area contributed by atoms with Crippen molar-refractivity contribution in [2.75, 3.05) is 6.61 Å². The third kappa shape index (κ3) is 2.54. The first kappa shape index (κ1) is 14.2. The monoisotopic (exact) mass is 271 g/mol. The van der Waals surface area contributed by atoms with Crippen molar-refractivity contribution < 1.29 is 14.3 Å². The average Bonchev–Trinajstić information content (AvgIpc) is 2.46. The van der Waals surface area contributed by atoms with Crippen molar-refractivity contribution in [2.45, 2.75) is 20.8 Å². The Morgan fingerprint density at radius 2 is 1.85 bits per heavy atom. The Bertz CT molecular complexity index is 662. The van der Waals surface area contributed by atoms with Crippen LogP contribution in [0.4, 0.5) is 0 Å². The zero-order chi connectivity index (χ0) is 14.8. The number of rotatable bonds is 4. The minimum Gasteiger partial charge on any atom is -0.465 e. The SMILES string of the molecule is CCOC(=O)C(C)(C)C(=O)c1ccc2ccccc2n1. The maximum atomic E-state index is 12.5. The number of benzene rings is 1. The number of carbonyl (C=O) groups is 2. The van der Waals surface area contributed by atoms with E-state index in [1.165, 1.54) is 0 Å². The molecule has 0 aliphatic carbocycles. The number of esters is 1. The van der Waals surface area contributed by atoms with Crippen LogP contribution in [0.15, 0.2) is 36.4 Å². The van der Waals surface area contributed by atoms with Gasteiger partial charge in [-0.1, -0.05) is 24.3 Å². The van der Waals surface area contributed by atoms with E-state index >= 15 is 0 Å². The lowest BCUT2D eigenvalue weighted by Gasteiger charge is -2.20. The maximum Gasteiger partial charge on any atom is 0.319 e. The summed E-state index contributed by atoms with van der Waals surface area (Å²) in [5, 5.41) is 0.956. The van der Waals surface area contributed by atoms with Crippen molar-refractivity contribution in [3.63, 3.8) is 0 Å². The summed E-state index contributed by atoms with van der Waals surface area (Å²) < 4.78 is 4.95. The van der Waals surface area contributed by atoms with Gasteiger partial charge in [-0.05, 0) is 32.9 Å². The first-order chi connectivity index (χ1) is 9.46. The number of pyridine rings is 1. The minimum atomic E-state index is -1.23. The highest BCUT2D eigenvalue weighted by molar-refractivity contribution is 6.11. The molecule has 0 N–H and O–H groups in total. The Kier molecular flexibility index (Phi) is 3.84. The molecule has 1 heterocycles. The van der Waals surface area contributed by atoms with Gasteiger partial charge >= 0.3 is 5.97 Å². The Balaban J connectivity index is 2.37.